The molecule has 1 N–H and O–H groups in total. The highest BCUT2D eigenvalue weighted by Gasteiger charge is 2.29. The lowest BCUT2D eigenvalue weighted by Crippen LogP contribution is -2.45. The Balaban J connectivity index is 2.32. The molecule has 1 aliphatic rings. The smallest absolute Gasteiger partial charge is 0.319 e. The molecule has 0 heterocycles. The summed E-state index contributed by atoms with van der Waals surface area (Å²) in [6, 6.07) is 0.0985. The van der Waals surface area contributed by atoms with E-state index in [-0.39, 0.29) is 12.1 Å². The number of rotatable bonds is 4. The molecule has 4 heteroatoms. The predicted octanol–water partition coefficient (Wildman–Crippen LogP) is 1.15. The van der Waals surface area contributed by atoms with Gasteiger partial charge in [0.15, 0.2) is 0 Å². The molecule has 0 aromatic carbocycles. The fourth-order valence-corrected chi connectivity index (χ4v) is 2.05. The highest BCUT2D eigenvalue weighted by Crippen LogP contribution is 2.27. The average Bonchev–Trinajstić information content (AvgIpc) is 2.17. The van der Waals surface area contributed by atoms with Crippen molar-refractivity contribution in [3.8, 4) is 0 Å². The van der Waals surface area contributed by atoms with Crippen LogP contribution in [0.4, 0.5) is 4.79 Å². The van der Waals surface area contributed by atoms with Gasteiger partial charge in [-0.1, -0.05) is 0 Å². The second-order valence-corrected chi connectivity index (χ2v) is 4.33. The van der Waals surface area contributed by atoms with E-state index in [0.29, 0.717) is 5.92 Å². The number of urea groups is 1. The zero-order valence-electron chi connectivity index (χ0n) is 9.94. The minimum absolute atomic E-state index is 0.0985. The summed E-state index contributed by atoms with van der Waals surface area (Å²) in [5, 5.41) is 9.16. The lowest BCUT2D eigenvalue weighted by Gasteiger charge is -2.36. The van der Waals surface area contributed by atoms with E-state index in [0.717, 1.165) is 32.5 Å². The second kappa shape index (κ2) is 5.35. The molecule has 1 rings (SSSR count). The zero-order chi connectivity index (χ0) is 11.4. The first kappa shape index (κ1) is 12.3. The number of hydrogen-bond donors (Lipinski definition) is 1. The zero-order valence-corrected chi connectivity index (χ0v) is 9.94. The number of nitrogens with zero attached hydrogens (tertiary/aromatic N) is 2. The van der Waals surface area contributed by atoms with Gasteiger partial charge >= 0.3 is 6.03 Å². The van der Waals surface area contributed by atoms with Crippen LogP contribution in [-0.4, -0.2) is 53.7 Å². The summed E-state index contributed by atoms with van der Waals surface area (Å²) in [6.07, 6.45) is 1.55. The molecular formula is C11H22N2O2. The predicted molar refractivity (Wildman–Crippen MR) is 59.7 cm³/mol. The molecular weight excluding hydrogens is 192 g/mol. The maximum Gasteiger partial charge on any atom is 0.319 e. The normalized spacial score (nSPS) is 24.5. The summed E-state index contributed by atoms with van der Waals surface area (Å²) < 4.78 is 0. The van der Waals surface area contributed by atoms with Crippen molar-refractivity contribution in [2.75, 3.05) is 26.7 Å². The summed E-state index contributed by atoms with van der Waals surface area (Å²) in [7, 11) is 1.84. The van der Waals surface area contributed by atoms with Gasteiger partial charge in [0.1, 0.15) is 0 Å². The number of aliphatic hydroxyl groups excluding tert-OH is 1. The van der Waals surface area contributed by atoms with Crippen LogP contribution in [0, 0.1) is 5.92 Å². The molecule has 0 bridgehead atoms. The van der Waals surface area contributed by atoms with E-state index >= 15 is 0 Å². The second-order valence-electron chi connectivity index (χ2n) is 4.33. The van der Waals surface area contributed by atoms with Crippen molar-refractivity contribution in [2.24, 2.45) is 5.92 Å². The highest BCUT2D eigenvalue weighted by molar-refractivity contribution is 5.74. The summed E-state index contributed by atoms with van der Waals surface area (Å²) in [5.41, 5.74) is 0. The highest BCUT2D eigenvalue weighted by atomic mass is 16.3. The Hall–Kier alpha value is -0.770. The van der Waals surface area contributed by atoms with Gasteiger partial charge in [0.25, 0.3) is 0 Å². The van der Waals surface area contributed by atoms with E-state index < -0.39 is 0 Å². The van der Waals surface area contributed by atoms with Gasteiger partial charge in [-0.05, 0) is 32.6 Å². The Morgan fingerprint density at radius 3 is 2.27 bits per heavy atom. The Morgan fingerprint density at radius 1 is 1.33 bits per heavy atom. The standard InChI is InChI=1S/C11H22N2O2/c1-4-13(5-2)11(15)12(3)8-9-6-10(14)7-9/h9-10,14H,4-8H2,1-3H3. The van der Waals surface area contributed by atoms with Crippen LogP contribution in [-0.2, 0) is 0 Å². The SMILES string of the molecule is CCN(CC)C(=O)N(C)CC1CC(O)C1. The molecule has 1 fully saturated rings. The fraction of sp³-hybridized carbons (Fsp3) is 0.909. The fourth-order valence-electron chi connectivity index (χ4n) is 2.05. The number of carbonyl (C=O) groups excluding carboxylic acids is 1. The molecule has 0 atom stereocenters. The Bertz CT molecular complexity index is 211. The Morgan fingerprint density at radius 2 is 1.87 bits per heavy atom. The van der Waals surface area contributed by atoms with E-state index in [1.165, 1.54) is 0 Å². The van der Waals surface area contributed by atoms with Crippen LogP contribution in [0.1, 0.15) is 26.7 Å². The number of aliphatic hydroxyl groups is 1. The molecule has 88 valence electrons. The summed E-state index contributed by atoms with van der Waals surface area (Å²) >= 11 is 0. The average molecular weight is 214 g/mol. The van der Waals surface area contributed by atoms with E-state index in [2.05, 4.69) is 0 Å². The van der Waals surface area contributed by atoms with E-state index in [1.807, 2.05) is 25.8 Å². The number of carbonyl (C=O) groups is 1. The lowest BCUT2D eigenvalue weighted by atomic mass is 9.82. The topological polar surface area (TPSA) is 43.8 Å². The quantitative estimate of drug-likeness (QED) is 0.763. The molecule has 0 aromatic rings. The molecule has 1 saturated carbocycles. The third-order valence-corrected chi connectivity index (χ3v) is 3.10. The van der Waals surface area contributed by atoms with Crippen molar-refractivity contribution in [2.45, 2.75) is 32.8 Å². The van der Waals surface area contributed by atoms with Gasteiger partial charge in [-0.3, -0.25) is 0 Å². The summed E-state index contributed by atoms with van der Waals surface area (Å²) in [4.78, 5) is 15.4. The van der Waals surface area contributed by atoms with Gasteiger partial charge in [0.2, 0.25) is 0 Å². The van der Waals surface area contributed by atoms with Crippen LogP contribution >= 0.6 is 0 Å². The maximum atomic E-state index is 11.9. The molecule has 0 aliphatic heterocycles. The third-order valence-electron chi connectivity index (χ3n) is 3.10. The van der Waals surface area contributed by atoms with E-state index in [1.54, 1.807) is 4.90 Å². The molecule has 0 unspecified atom stereocenters. The van der Waals surface area contributed by atoms with Gasteiger partial charge in [0, 0.05) is 26.7 Å². The monoisotopic (exact) mass is 214 g/mol. The largest absolute Gasteiger partial charge is 0.393 e. The van der Waals surface area contributed by atoms with Gasteiger partial charge in [-0.2, -0.15) is 0 Å². The van der Waals surface area contributed by atoms with E-state index in [4.69, 9.17) is 5.11 Å². The first-order valence-corrected chi connectivity index (χ1v) is 5.76. The van der Waals surface area contributed by atoms with Gasteiger partial charge in [0.05, 0.1) is 6.10 Å². The van der Waals surface area contributed by atoms with Crippen molar-refractivity contribution >= 4 is 6.03 Å². The minimum Gasteiger partial charge on any atom is -0.393 e. The first-order valence-electron chi connectivity index (χ1n) is 5.76. The summed E-state index contributed by atoms with van der Waals surface area (Å²) in [6.45, 7) is 6.26. The summed E-state index contributed by atoms with van der Waals surface area (Å²) in [5.74, 6) is 0.490. The molecule has 0 saturated heterocycles. The van der Waals surface area contributed by atoms with Crippen LogP contribution in [0.15, 0.2) is 0 Å². The van der Waals surface area contributed by atoms with Crippen LogP contribution < -0.4 is 0 Å². The molecule has 15 heavy (non-hydrogen) atoms. The van der Waals surface area contributed by atoms with Gasteiger partial charge in [-0.15, -0.1) is 0 Å². The van der Waals surface area contributed by atoms with E-state index in [9.17, 15) is 4.79 Å². The van der Waals surface area contributed by atoms with Gasteiger partial charge < -0.3 is 14.9 Å². The van der Waals surface area contributed by atoms with Crippen LogP contribution in [0.5, 0.6) is 0 Å². The number of hydrogen-bond acceptors (Lipinski definition) is 2. The van der Waals surface area contributed by atoms with Crippen molar-refractivity contribution < 1.29 is 9.90 Å². The van der Waals surface area contributed by atoms with Crippen molar-refractivity contribution in [3.05, 3.63) is 0 Å². The van der Waals surface area contributed by atoms with Crippen molar-refractivity contribution in [1.29, 1.82) is 0 Å². The van der Waals surface area contributed by atoms with Crippen LogP contribution in [0.2, 0.25) is 0 Å². The number of amides is 2. The lowest BCUT2D eigenvalue weighted by molar-refractivity contribution is 0.0303. The van der Waals surface area contributed by atoms with Gasteiger partial charge in [-0.25, -0.2) is 4.79 Å². The van der Waals surface area contributed by atoms with Crippen LogP contribution in [0.25, 0.3) is 0 Å². The molecule has 0 aromatic heterocycles. The molecule has 2 amide bonds. The third kappa shape index (κ3) is 3.09. The Labute approximate surface area is 91.9 Å². The molecule has 1 aliphatic carbocycles. The molecule has 0 spiro atoms. The minimum atomic E-state index is -0.132. The maximum absolute atomic E-state index is 11.9. The first-order chi connectivity index (χ1) is 7.08. The molecule has 4 nitrogen and oxygen atoms in total. The van der Waals surface area contributed by atoms with Crippen molar-refractivity contribution in [1.82, 2.24) is 9.80 Å². The van der Waals surface area contributed by atoms with Crippen LogP contribution in [0.3, 0.4) is 0 Å². The Kier molecular flexibility index (Phi) is 4.39. The van der Waals surface area contributed by atoms with Crippen molar-refractivity contribution in [3.63, 3.8) is 0 Å². The molecule has 0 radical (unpaired) electrons.